The van der Waals surface area contributed by atoms with Crippen molar-refractivity contribution >= 4 is 5.78 Å². The smallest absolute Gasteiger partial charge is 0.170 e. The van der Waals surface area contributed by atoms with Crippen LogP contribution in [0.4, 0.5) is 0 Å². The molecule has 1 saturated heterocycles. The summed E-state index contributed by atoms with van der Waals surface area (Å²) in [4.78, 5) is 15.0. The molecule has 1 aliphatic rings. The summed E-state index contributed by atoms with van der Waals surface area (Å²) in [5.41, 5.74) is 1.49. The summed E-state index contributed by atoms with van der Waals surface area (Å²) < 4.78 is 0. The third-order valence-electron chi connectivity index (χ3n) is 4.32. The van der Waals surface area contributed by atoms with E-state index in [9.17, 15) is 9.90 Å². The molecule has 1 atom stereocenters. The van der Waals surface area contributed by atoms with Gasteiger partial charge in [-0.05, 0) is 23.1 Å². The fourth-order valence-electron chi connectivity index (χ4n) is 2.83. The molecule has 1 aromatic rings. The average molecular weight is 304 g/mol. The lowest BCUT2D eigenvalue weighted by molar-refractivity contribution is 0.0884. The molecular weight excluding hydrogens is 276 g/mol. The molecular formula is C18H28N2O2. The van der Waals surface area contributed by atoms with E-state index in [4.69, 9.17) is 0 Å². The highest BCUT2D eigenvalue weighted by Crippen LogP contribution is 2.29. The Bertz CT molecular complexity index is 528. The van der Waals surface area contributed by atoms with Crippen molar-refractivity contribution in [1.29, 1.82) is 0 Å². The standard InChI is InChI=1S/C18H28N2O2/c1-13(12-20-9-7-19-8-10-20)17(22)15-11-14(18(2,3)4)5-6-16(15)21/h5-6,11,13,19,21H,7-10,12H2,1-4H3. The number of piperazine rings is 1. The van der Waals surface area contributed by atoms with E-state index in [0.29, 0.717) is 5.56 Å². The van der Waals surface area contributed by atoms with Gasteiger partial charge in [0.15, 0.2) is 5.78 Å². The van der Waals surface area contributed by atoms with Gasteiger partial charge in [-0.1, -0.05) is 33.8 Å². The van der Waals surface area contributed by atoms with Crippen LogP contribution in [-0.4, -0.2) is 48.5 Å². The minimum atomic E-state index is -0.112. The fourth-order valence-corrected chi connectivity index (χ4v) is 2.83. The van der Waals surface area contributed by atoms with Crippen molar-refractivity contribution in [3.05, 3.63) is 29.3 Å². The van der Waals surface area contributed by atoms with Crippen molar-refractivity contribution in [2.75, 3.05) is 32.7 Å². The number of benzene rings is 1. The van der Waals surface area contributed by atoms with Gasteiger partial charge in [0, 0.05) is 38.6 Å². The first kappa shape index (κ1) is 17.0. The van der Waals surface area contributed by atoms with Crippen molar-refractivity contribution < 1.29 is 9.90 Å². The molecule has 0 aliphatic carbocycles. The molecule has 2 rings (SSSR count). The Morgan fingerprint density at radius 3 is 2.55 bits per heavy atom. The van der Waals surface area contributed by atoms with E-state index in [2.05, 4.69) is 31.0 Å². The largest absolute Gasteiger partial charge is 0.507 e. The number of nitrogens with zero attached hydrogens (tertiary/aromatic N) is 1. The SMILES string of the molecule is CC(CN1CCNCC1)C(=O)c1cc(C(C)(C)C)ccc1O. The molecule has 0 saturated carbocycles. The quantitative estimate of drug-likeness (QED) is 0.839. The number of hydrogen-bond donors (Lipinski definition) is 2. The Kier molecular flexibility index (Phi) is 5.24. The first-order valence-electron chi connectivity index (χ1n) is 8.10. The van der Waals surface area contributed by atoms with Gasteiger partial charge in [0.1, 0.15) is 5.75 Å². The van der Waals surface area contributed by atoms with E-state index in [1.807, 2.05) is 19.1 Å². The van der Waals surface area contributed by atoms with Crippen LogP contribution < -0.4 is 5.32 Å². The van der Waals surface area contributed by atoms with Crippen molar-refractivity contribution in [2.45, 2.75) is 33.1 Å². The summed E-state index contributed by atoms with van der Waals surface area (Å²) in [5, 5.41) is 13.4. The lowest BCUT2D eigenvalue weighted by Gasteiger charge is -2.29. The monoisotopic (exact) mass is 304 g/mol. The van der Waals surface area contributed by atoms with Crippen LogP contribution >= 0.6 is 0 Å². The number of carbonyl (C=O) groups excluding carboxylic acids is 1. The van der Waals surface area contributed by atoms with E-state index in [0.717, 1.165) is 38.3 Å². The second-order valence-corrected chi connectivity index (χ2v) is 7.30. The Balaban J connectivity index is 2.13. The minimum absolute atomic E-state index is 0.0298. The maximum atomic E-state index is 12.7. The molecule has 122 valence electrons. The molecule has 2 N–H and O–H groups in total. The summed E-state index contributed by atoms with van der Waals surface area (Å²) in [6, 6.07) is 5.39. The van der Waals surface area contributed by atoms with Gasteiger partial charge < -0.3 is 15.3 Å². The molecule has 1 unspecified atom stereocenters. The second kappa shape index (κ2) is 6.80. The van der Waals surface area contributed by atoms with Gasteiger partial charge >= 0.3 is 0 Å². The molecule has 4 heteroatoms. The van der Waals surface area contributed by atoms with Crippen molar-refractivity contribution in [3.8, 4) is 5.75 Å². The number of aromatic hydroxyl groups is 1. The van der Waals surface area contributed by atoms with E-state index in [-0.39, 0.29) is 22.9 Å². The predicted octanol–water partition coefficient (Wildman–Crippen LogP) is 2.41. The Labute approximate surface area is 133 Å². The van der Waals surface area contributed by atoms with Crippen molar-refractivity contribution in [2.24, 2.45) is 5.92 Å². The highest BCUT2D eigenvalue weighted by molar-refractivity contribution is 6.00. The van der Waals surface area contributed by atoms with Gasteiger partial charge in [0.25, 0.3) is 0 Å². The third-order valence-corrected chi connectivity index (χ3v) is 4.32. The van der Waals surface area contributed by atoms with E-state index in [1.165, 1.54) is 0 Å². The van der Waals surface area contributed by atoms with E-state index in [1.54, 1.807) is 6.07 Å². The highest BCUT2D eigenvalue weighted by Gasteiger charge is 2.24. The van der Waals surface area contributed by atoms with Crippen LogP contribution in [0, 0.1) is 5.92 Å². The first-order valence-corrected chi connectivity index (χ1v) is 8.10. The number of phenols is 1. The topological polar surface area (TPSA) is 52.6 Å². The van der Waals surface area contributed by atoms with E-state index >= 15 is 0 Å². The van der Waals surface area contributed by atoms with Gasteiger partial charge in [0.2, 0.25) is 0 Å². The van der Waals surface area contributed by atoms with E-state index < -0.39 is 0 Å². The first-order chi connectivity index (χ1) is 10.3. The van der Waals surface area contributed by atoms with Crippen LogP contribution in [0.2, 0.25) is 0 Å². The maximum absolute atomic E-state index is 12.7. The zero-order chi connectivity index (χ0) is 16.3. The highest BCUT2D eigenvalue weighted by atomic mass is 16.3. The second-order valence-electron chi connectivity index (χ2n) is 7.30. The van der Waals surface area contributed by atoms with Crippen molar-refractivity contribution in [3.63, 3.8) is 0 Å². The summed E-state index contributed by atoms with van der Waals surface area (Å²) in [7, 11) is 0. The van der Waals surface area contributed by atoms with Crippen molar-refractivity contribution in [1.82, 2.24) is 10.2 Å². The number of ketones is 1. The third kappa shape index (κ3) is 4.08. The maximum Gasteiger partial charge on any atom is 0.170 e. The van der Waals surface area contributed by atoms with Crippen LogP contribution in [0.3, 0.4) is 0 Å². The molecule has 4 nitrogen and oxygen atoms in total. The molecule has 1 heterocycles. The lowest BCUT2D eigenvalue weighted by Crippen LogP contribution is -2.45. The van der Waals surface area contributed by atoms with Crippen LogP contribution in [0.1, 0.15) is 43.6 Å². The number of Topliss-reactive ketones (excluding diaryl/α,β-unsaturated/α-hetero) is 1. The number of rotatable bonds is 4. The van der Waals surface area contributed by atoms with Crippen LogP contribution in [0.15, 0.2) is 18.2 Å². The lowest BCUT2D eigenvalue weighted by atomic mass is 9.84. The Hall–Kier alpha value is -1.39. The molecule has 1 aromatic carbocycles. The summed E-state index contributed by atoms with van der Waals surface area (Å²) in [5.74, 6) is 0.00603. The number of hydrogen-bond acceptors (Lipinski definition) is 4. The summed E-state index contributed by atoms with van der Waals surface area (Å²) in [6.45, 7) is 12.9. The fraction of sp³-hybridized carbons (Fsp3) is 0.611. The molecule has 1 aliphatic heterocycles. The average Bonchev–Trinajstić information content (AvgIpc) is 2.46. The molecule has 22 heavy (non-hydrogen) atoms. The number of carbonyl (C=O) groups is 1. The number of phenolic OH excluding ortho intramolecular Hbond substituents is 1. The Morgan fingerprint density at radius 1 is 1.32 bits per heavy atom. The molecule has 0 bridgehead atoms. The van der Waals surface area contributed by atoms with Crippen LogP contribution in [0.5, 0.6) is 5.75 Å². The van der Waals surface area contributed by atoms with Gasteiger partial charge in [-0.2, -0.15) is 0 Å². The normalized spacial score (nSPS) is 18.2. The van der Waals surface area contributed by atoms with Crippen LogP contribution in [0.25, 0.3) is 0 Å². The van der Waals surface area contributed by atoms with Gasteiger partial charge in [0.05, 0.1) is 5.56 Å². The predicted molar refractivity (Wildman–Crippen MR) is 89.6 cm³/mol. The van der Waals surface area contributed by atoms with Gasteiger partial charge in [-0.15, -0.1) is 0 Å². The van der Waals surface area contributed by atoms with Crippen LogP contribution in [-0.2, 0) is 5.41 Å². The zero-order valence-electron chi connectivity index (χ0n) is 14.1. The van der Waals surface area contributed by atoms with Gasteiger partial charge in [-0.3, -0.25) is 4.79 Å². The molecule has 0 amide bonds. The molecule has 1 fully saturated rings. The molecule has 0 aromatic heterocycles. The zero-order valence-corrected chi connectivity index (χ0v) is 14.1. The minimum Gasteiger partial charge on any atom is -0.507 e. The molecule has 0 spiro atoms. The summed E-state index contributed by atoms with van der Waals surface area (Å²) >= 11 is 0. The Morgan fingerprint density at radius 2 is 1.95 bits per heavy atom. The van der Waals surface area contributed by atoms with Gasteiger partial charge in [-0.25, -0.2) is 0 Å². The molecule has 0 radical (unpaired) electrons. The summed E-state index contributed by atoms with van der Waals surface area (Å²) in [6.07, 6.45) is 0. The number of nitrogens with one attached hydrogen (secondary N) is 1.